The van der Waals surface area contributed by atoms with Crippen LogP contribution in [0.2, 0.25) is 0 Å². The monoisotopic (exact) mass is 553 g/mol. The van der Waals surface area contributed by atoms with Crippen molar-refractivity contribution < 1.29 is 19.1 Å². The predicted molar refractivity (Wildman–Crippen MR) is 155 cm³/mol. The van der Waals surface area contributed by atoms with Gasteiger partial charge in [0.1, 0.15) is 5.75 Å². The van der Waals surface area contributed by atoms with Gasteiger partial charge in [0.25, 0.3) is 5.91 Å². The minimum atomic E-state index is -0.200. The number of fused-ring (bicyclic) bond motifs is 1. The zero-order valence-corrected chi connectivity index (χ0v) is 22.7. The highest BCUT2D eigenvalue weighted by Gasteiger charge is 2.42. The minimum absolute atomic E-state index is 0.0442. The van der Waals surface area contributed by atoms with E-state index in [0.717, 1.165) is 31.5 Å². The van der Waals surface area contributed by atoms with E-state index in [-0.39, 0.29) is 23.8 Å². The Hall–Kier alpha value is -4.61. The first-order valence-corrected chi connectivity index (χ1v) is 13.6. The molecule has 1 aliphatic carbocycles. The topological polar surface area (TPSA) is 122 Å². The van der Waals surface area contributed by atoms with Gasteiger partial charge in [-0.05, 0) is 48.7 Å². The van der Waals surface area contributed by atoms with Crippen molar-refractivity contribution in [2.75, 3.05) is 50.5 Å². The lowest BCUT2D eigenvalue weighted by Gasteiger charge is -2.25. The van der Waals surface area contributed by atoms with Crippen molar-refractivity contribution in [3.63, 3.8) is 0 Å². The summed E-state index contributed by atoms with van der Waals surface area (Å²) in [6, 6.07) is 18.3. The second kappa shape index (κ2) is 11.5. The summed E-state index contributed by atoms with van der Waals surface area (Å²) in [4.78, 5) is 36.1. The Labute approximate surface area is 237 Å². The van der Waals surface area contributed by atoms with E-state index in [4.69, 9.17) is 9.47 Å². The number of anilines is 2. The minimum Gasteiger partial charge on any atom is -0.438 e. The highest BCUT2D eigenvalue weighted by Crippen LogP contribution is 2.46. The average molecular weight is 554 g/mol. The smallest absolute Gasteiger partial charge is 0.255 e. The molecule has 2 aromatic heterocycles. The van der Waals surface area contributed by atoms with Crippen LogP contribution in [0.3, 0.4) is 0 Å². The summed E-state index contributed by atoms with van der Waals surface area (Å²) in [5.74, 6) is 0.924. The number of nitrogens with zero attached hydrogens (tertiary/aromatic N) is 5. The fourth-order valence-electron chi connectivity index (χ4n) is 4.93. The molecule has 6 rings (SSSR count). The zero-order valence-electron chi connectivity index (χ0n) is 22.7. The van der Waals surface area contributed by atoms with Crippen LogP contribution in [0.15, 0.2) is 71.9 Å². The average Bonchev–Trinajstić information content (AvgIpc) is 3.65. The van der Waals surface area contributed by atoms with Gasteiger partial charge in [-0.15, -0.1) is 5.10 Å². The zero-order chi connectivity index (χ0) is 28.2. The largest absolute Gasteiger partial charge is 0.438 e. The summed E-state index contributed by atoms with van der Waals surface area (Å²) < 4.78 is 12.8. The van der Waals surface area contributed by atoms with Crippen LogP contribution in [0.1, 0.15) is 28.8 Å². The molecule has 0 spiro atoms. The van der Waals surface area contributed by atoms with Gasteiger partial charge in [-0.1, -0.05) is 18.2 Å². The molecule has 1 aliphatic heterocycles. The molecule has 0 radical (unpaired) electrons. The summed E-state index contributed by atoms with van der Waals surface area (Å²) in [6.07, 6.45) is 5.70. The second-order valence-corrected chi connectivity index (χ2v) is 10.2. The second-order valence-electron chi connectivity index (χ2n) is 10.2. The van der Waals surface area contributed by atoms with E-state index in [1.54, 1.807) is 54.2 Å². The molecule has 4 aromatic rings. The molecule has 2 fully saturated rings. The summed E-state index contributed by atoms with van der Waals surface area (Å²) in [7, 11) is 1.78. The Morgan fingerprint density at radius 3 is 2.71 bits per heavy atom. The van der Waals surface area contributed by atoms with E-state index in [1.165, 1.54) is 0 Å². The third-order valence-corrected chi connectivity index (χ3v) is 7.21. The highest BCUT2D eigenvalue weighted by atomic mass is 16.5. The molecule has 2 N–H and O–H groups in total. The molecule has 210 valence electrons. The molecule has 1 saturated heterocycles. The maximum absolute atomic E-state index is 13.0. The van der Waals surface area contributed by atoms with Crippen LogP contribution in [-0.4, -0.2) is 77.4 Å². The first-order chi connectivity index (χ1) is 20.0. The summed E-state index contributed by atoms with van der Waals surface area (Å²) in [6.45, 7) is 3.01. The van der Waals surface area contributed by atoms with E-state index < -0.39 is 0 Å². The number of amides is 2. The molecule has 2 aromatic carbocycles. The molecule has 0 bridgehead atoms. The molecule has 2 aliphatic rings. The number of imidazole rings is 1. The highest BCUT2D eigenvalue weighted by molar-refractivity contribution is 6.04. The van der Waals surface area contributed by atoms with E-state index in [9.17, 15) is 9.59 Å². The molecular weight excluding hydrogens is 522 g/mol. The molecule has 2 amide bonds. The van der Waals surface area contributed by atoms with Crippen LogP contribution in [0.25, 0.3) is 5.65 Å². The van der Waals surface area contributed by atoms with Crippen LogP contribution in [0.4, 0.5) is 11.5 Å². The number of hydrogen-bond donors (Lipinski definition) is 2. The van der Waals surface area contributed by atoms with Crippen molar-refractivity contribution in [3.05, 3.63) is 78.0 Å². The van der Waals surface area contributed by atoms with E-state index in [2.05, 4.69) is 25.7 Å². The molecular formula is C30H31N7O4. The van der Waals surface area contributed by atoms with Crippen molar-refractivity contribution in [2.45, 2.75) is 18.3 Å². The number of ether oxygens (including phenoxy) is 2. The number of morpholine rings is 1. The number of nitrogens with one attached hydrogen (secondary N) is 2. The number of aromatic nitrogens is 3. The lowest BCUT2D eigenvalue weighted by molar-refractivity contribution is -0.118. The Morgan fingerprint density at radius 1 is 1.07 bits per heavy atom. The molecule has 0 atom stereocenters. The number of rotatable bonds is 9. The third kappa shape index (κ3) is 6.26. The third-order valence-electron chi connectivity index (χ3n) is 7.21. The first-order valence-electron chi connectivity index (χ1n) is 13.6. The maximum Gasteiger partial charge on any atom is 0.255 e. The van der Waals surface area contributed by atoms with Gasteiger partial charge in [0.05, 0.1) is 26.0 Å². The van der Waals surface area contributed by atoms with Gasteiger partial charge in [-0.25, -0.2) is 9.50 Å². The van der Waals surface area contributed by atoms with E-state index in [1.807, 2.05) is 35.4 Å². The predicted octanol–water partition coefficient (Wildman–Crippen LogP) is 3.78. The summed E-state index contributed by atoms with van der Waals surface area (Å²) in [5.41, 5.74) is 2.82. The molecule has 11 heteroatoms. The van der Waals surface area contributed by atoms with Gasteiger partial charge in [0.2, 0.25) is 11.8 Å². The van der Waals surface area contributed by atoms with Gasteiger partial charge in [0.15, 0.2) is 11.5 Å². The Balaban J connectivity index is 1.09. The number of carbonyl (C=O) groups excluding carboxylic acids is 2. The van der Waals surface area contributed by atoms with Crippen LogP contribution >= 0.6 is 0 Å². The van der Waals surface area contributed by atoms with Gasteiger partial charge >= 0.3 is 0 Å². The molecule has 11 nitrogen and oxygen atoms in total. The van der Waals surface area contributed by atoms with E-state index >= 15 is 0 Å². The van der Waals surface area contributed by atoms with Crippen molar-refractivity contribution in [1.82, 2.24) is 19.5 Å². The van der Waals surface area contributed by atoms with Crippen molar-refractivity contribution in [1.29, 1.82) is 0 Å². The Morgan fingerprint density at radius 2 is 1.90 bits per heavy atom. The van der Waals surface area contributed by atoms with Crippen LogP contribution in [0.5, 0.6) is 11.6 Å². The van der Waals surface area contributed by atoms with Crippen molar-refractivity contribution >= 4 is 35.2 Å². The SMILES string of the molecule is CN=CC1(c2cccc(C(=O)Nc3cccc(Oc4ccc5nc(NC(=O)CN6CCOCC6)cn5n4)c3)c2)CC1. The number of aliphatic imine (C=N–C) groups is 1. The molecule has 1 saturated carbocycles. The lowest BCUT2D eigenvalue weighted by Crippen LogP contribution is -2.41. The molecule has 3 heterocycles. The van der Waals surface area contributed by atoms with Gasteiger partial charge in [-0.2, -0.15) is 0 Å². The number of hydrogen-bond acceptors (Lipinski definition) is 8. The fraction of sp³-hybridized carbons (Fsp3) is 0.300. The van der Waals surface area contributed by atoms with E-state index in [0.29, 0.717) is 47.6 Å². The number of benzene rings is 2. The standard InChI is InChI=1S/C30H31N7O4/c1-31-20-30(10-11-30)22-5-2-4-21(16-22)29(39)32-23-6-3-7-24(17-23)41-28-9-8-26-33-25(18-37(26)35-28)34-27(38)19-36-12-14-40-15-13-36/h2-9,16-18,20H,10-15,19H2,1H3,(H,32,39)(H,34,38). The van der Waals surface area contributed by atoms with Crippen LogP contribution in [0, 0.1) is 0 Å². The fourth-order valence-corrected chi connectivity index (χ4v) is 4.93. The quantitative estimate of drug-likeness (QED) is 0.303. The lowest BCUT2D eigenvalue weighted by atomic mass is 9.95. The van der Waals surface area contributed by atoms with Gasteiger partial charge < -0.3 is 20.1 Å². The van der Waals surface area contributed by atoms with Gasteiger partial charge in [-0.3, -0.25) is 19.5 Å². The molecule has 41 heavy (non-hydrogen) atoms. The summed E-state index contributed by atoms with van der Waals surface area (Å²) in [5, 5.41) is 10.2. The molecule has 0 unspecified atom stereocenters. The maximum atomic E-state index is 13.0. The van der Waals surface area contributed by atoms with Crippen molar-refractivity contribution in [3.8, 4) is 11.6 Å². The normalized spacial score (nSPS) is 16.5. The van der Waals surface area contributed by atoms with Crippen LogP contribution in [-0.2, 0) is 14.9 Å². The van der Waals surface area contributed by atoms with Crippen molar-refractivity contribution in [2.24, 2.45) is 4.99 Å². The first kappa shape index (κ1) is 26.6. The Bertz CT molecular complexity index is 1610. The van der Waals surface area contributed by atoms with Gasteiger partial charge in [0, 0.05) is 55.2 Å². The van der Waals surface area contributed by atoms with Crippen LogP contribution < -0.4 is 15.4 Å². The Kier molecular flexibility index (Phi) is 7.45. The number of carbonyl (C=O) groups is 2. The summed E-state index contributed by atoms with van der Waals surface area (Å²) >= 11 is 0.